The lowest BCUT2D eigenvalue weighted by molar-refractivity contribution is -0.144. The summed E-state index contributed by atoms with van der Waals surface area (Å²) in [7, 11) is 0. The maximum Gasteiger partial charge on any atom is 0.329 e. The zero-order valence-electron chi connectivity index (χ0n) is 13.3. The van der Waals surface area contributed by atoms with Gasteiger partial charge in [-0.05, 0) is 38.0 Å². The van der Waals surface area contributed by atoms with Crippen LogP contribution in [0.15, 0.2) is 29.3 Å². The molecule has 0 aliphatic heterocycles. The number of rotatable bonds is 5. The number of carbonyl (C=O) groups is 2. The van der Waals surface area contributed by atoms with Crippen molar-refractivity contribution in [2.75, 3.05) is 0 Å². The molecule has 7 nitrogen and oxygen atoms in total. The molecule has 2 rings (SSSR count). The maximum atomic E-state index is 12.4. The van der Waals surface area contributed by atoms with Crippen molar-refractivity contribution < 1.29 is 14.7 Å². The summed E-state index contributed by atoms with van der Waals surface area (Å²) in [6.07, 6.45) is 3.56. The molecule has 1 amide bonds. The molecule has 0 fully saturated rings. The Balaban J connectivity index is 2.42. The molecule has 1 unspecified atom stereocenters. The summed E-state index contributed by atoms with van der Waals surface area (Å²) in [5.41, 5.74) is -0.770. The van der Waals surface area contributed by atoms with E-state index in [1.165, 1.54) is 17.5 Å². The van der Waals surface area contributed by atoms with Gasteiger partial charge in [0.25, 0.3) is 11.5 Å². The molecule has 2 aromatic rings. The zero-order valence-corrected chi connectivity index (χ0v) is 13.3. The third kappa shape index (κ3) is 3.23. The van der Waals surface area contributed by atoms with Gasteiger partial charge in [-0.3, -0.25) is 14.0 Å². The van der Waals surface area contributed by atoms with Gasteiger partial charge in [-0.15, -0.1) is 0 Å². The first-order valence-corrected chi connectivity index (χ1v) is 7.32. The van der Waals surface area contributed by atoms with Crippen molar-refractivity contribution in [3.63, 3.8) is 0 Å². The number of carboxylic acids is 1. The SMILES string of the molecule is CCCC(C)(NC(=O)c1cnc2cc(C)ccn2c1=O)C(=O)O. The molecule has 23 heavy (non-hydrogen) atoms. The highest BCUT2D eigenvalue weighted by atomic mass is 16.4. The number of nitrogens with zero attached hydrogens (tertiary/aromatic N) is 2. The number of aliphatic carboxylic acids is 1. The predicted octanol–water partition coefficient (Wildman–Crippen LogP) is 1.38. The van der Waals surface area contributed by atoms with Gasteiger partial charge in [0.2, 0.25) is 0 Å². The molecule has 0 saturated carbocycles. The van der Waals surface area contributed by atoms with Gasteiger partial charge in [-0.2, -0.15) is 0 Å². The van der Waals surface area contributed by atoms with E-state index in [-0.39, 0.29) is 12.0 Å². The number of carboxylic acid groups (broad SMARTS) is 1. The number of aryl methyl sites for hydroxylation is 1. The Morgan fingerprint density at radius 3 is 2.74 bits per heavy atom. The van der Waals surface area contributed by atoms with Crippen LogP contribution in [0.4, 0.5) is 0 Å². The number of hydrogen-bond donors (Lipinski definition) is 2. The molecule has 0 aliphatic carbocycles. The molecule has 0 saturated heterocycles. The Hall–Kier alpha value is -2.70. The van der Waals surface area contributed by atoms with Gasteiger partial charge in [0.1, 0.15) is 16.7 Å². The lowest BCUT2D eigenvalue weighted by Crippen LogP contribution is -2.53. The van der Waals surface area contributed by atoms with E-state index in [9.17, 15) is 19.5 Å². The number of hydrogen-bond acceptors (Lipinski definition) is 4. The molecule has 0 radical (unpaired) electrons. The van der Waals surface area contributed by atoms with Crippen molar-refractivity contribution in [2.45, 2.75) is 39.2 Å². The fourth-order valence-corrected chi connectivity index (χ4v) is 2.37. The van der Waals surface area contributed by atoms with Gasteiger partial charge in [0, 0.05) is 12.4 Å². The van der Waals surface area contributed by atoms with Gasteiger partial charge < -0.3 is 10.4 Å². The lowest BCUT2D eigenvalue weighted by Gasteiger charge is -2.25. The largest absolute Gasteiger partial charge is 0.480 e. The molecule has 2 heterocycles. The summed E-state index contributed by atoms with van der Waals surface area (Å²) in [6.45, 7) is 5.12. The van der Waals surface area contributed by atoms with E-state index in [2.05, 4.69) is 10.3 Å². The average Bonchev–Trinajstić information content (AvgIpc) is 2.47. The first kappa shape index (κ1) is 16.7. The highest BCUT2D eigenvalue weighted by molar-refractivity contribution is 5.97. The van der Waals surface area contributed by atoms with Gasteiger partial charge >= 0.3 is 5.97 Å². The van der Waals surface area contributed by atoms with Crippen molar-refractivity contribution in [1.29, 1.82) is 0 Å². The van der Waals surface area contributed by atoms with Crippen LogP contribution in [0, 0.1) is 6.92 Å². The van der Waals surface area contributed by atoms with E-state index in [0.29, 0.717) is 12.1 Å². The Morgan fingerprint density at radius 2 is 2.13 bits per heavy atom. The lowest BCUT2D eigenvalue weighted by atomic mass is 9.96. The van der Waals surface area contributed by atoms with Crippen LogP contribution in [0.2, 0.25) is 0 Å². The van der Waals surface area contributed by atoms with E-state index in [0.717, 1.165) is 5.56 Å². The van der Waals surface area contributed by atoms with Crippen LogP contribution < -0.4 is 10.9 Å². The van der Waals surface area contributed by atoms with Crippen LogP contribution in [0.1, 0.15) is 42.6 Å². The molecule has 0 spiro atoms. The molecule has 0 aromatic carbocycles. The van der Waals surface area contributed by atoms with Crippen LogP contribution in [-0.4, -0.2) is 31.9 Å². The van der Waals surface area contributed by atoms with E-state index < -0.39 is 23.0 Å². The standard InChI is InChI=1S/C16H19N3O4/c1-4-6-16(3,15(22)23)18-13(20)11-9-17-12-8-10(2)5-7-19(12)14(11)21/h5,7-9H,4,6H2,1-3H3,(H,18,20)(H,22,23). The molecule has 2 N–H and O–H groups in total. The normalized spacial score (nSPS) is 13.5. The van der Waals surface area contributed by atoms with Gasteiger partial charge in [0.05, 0.1) is 0 Å². The number of pyridine rings is 1. The number of fused-ring (bicyclic) bond motifs is 1. The second-order valence-electron chi connectivity index (χ2n) is 5.75. The molecule has 0 bridgehead atoms. The van der Waals surface area contributed by atoms with Crippen LogP contribution in [-0.2, 0) is 4.79 Å². The summed E-state index contributed by atoms with van der Waals surface area (Å²) in [5.74, 6) is -1.88. The molecule has 0 aliphatic rings. The molecular formula is C16H19N3O4. The first-order chi connectivity index (χ1) is 10.8. The quantitative estimate of drug-likeness (QED) is 0.867. The Morgan fingerprint density at radius 1 is 1.43 bits per heavy atom. The van der Waals surface area contributed by atoms with E-state index in [1.54, 1.807) is 18.3 Å². The number of nitrogens with one attached hydrogen (secondary N) is 1. The topological polar surface area (TPSA) is 101 Å². The second-order valence-corrected chi connectivity index (χ2v) is 5.75. The molecular weight excluding hydrogens is 298 g/mol. The van der Waals surface area contributed by atoms with Crippen molar-refractivity contribution in [3.05, 3.63) is 46.0 Å². The van der Waals surface area contributed by atoms with E-state index in [1.807, 2.05) is 13.8 Å². The minimum Gasteiger partial charge on any atom is -0.480 e. The summed E-state index contributed by atoms with van der Waals surface area (Å²) in [4.78, 5) is 40.3. The first-order valence-electron chi connectivity index (χ1n) is 7.32. The predicted molar refractivity (Wildman–Crippen MR) is 84.6 cm³/mol. The van der Waals surface area contributed by atoms with E-state index in [4.69, 9.17) is 0 Å². The molecule has 1 atom stereocenters. The average molecular weight is 317 g/mol. The minimum atomic E-state index is -1.43. The van der Waals surface area contributed by atoms with Crippen molar-refractivity contribution in [2.24, 2.45) is 0 Å². The summed E-state index contributed by atoms with van der Waals surface area (Å²) < 4.78 is 1.26. The van der Waals surface area contributed by atoms with E-state index >= 15 is 0 Å². The van der Waals surface area contributed by atoms with Gasteiger partial charge in [-0.1, -0.05) is 13.3 Å². The fourth-order valence-electron chi connectivity index (χ4n) is 2.37. The highest BCUT2D eigenvalue weighted by Gasteiger charge is 2.34. The number of aromatic nitrogens is 2. The smallest absolute Gasteiger partial charge is 0.329 e. The third-order valence-electron chi connectivity index (χ3n) is 3.72. The van der Waals surface area contributed by atoms with Crippen molar-refractivity contribution in [1.82, 2.24) is 14.7 Å². The maximum absolute atomic E-state index is 12.4. The van der Waals surface area contributed by atoms with Crippen molar-refractivity contribution >= 4 is 17.5 Å². The van der Waals surface area contributed by atoms with Gasteiger partial charge in [0.15, 0.2) is 0 Å². The zero-order chi connectivity index (χ0) is 17.2. The number of carbonyl (C=O) groups excluding carboxylic acids is 1. The molecule has 2 aromatic heterocycles. The highest BCUT2D eigenvalue weighted by Crippen LogP contribution is 2.13. The van der Waals surface area contributed by atoms with Crippen LogP contribution in [0.25, 0.3) is 5.65 Å². The Bertz CT molecular complexity index is 828. The van der Waals surface area contributed by atoms with Crippen LogP contribution in [0.3, 0.4) is 0 Å². The van der Waals surface area contributed by atoms with Crippen LogP contribution in [0.5, 0.6) is 0 Å². The summed E-state index contributed by atoms with van der Waals surface area (Å²) in [6, 6.07) is 3.46. The minimum absolute atomic E-state index is 0.185. The third-order valence-corrected chi connectivity index (χ3v) is 3.72. The monoisotopic (exact) mass is 317 g/mol. The second kappa shape index (κ2) is 6.20. The Labute approximate surface area is 133 Å². The van der Waals surface area contributed by atoms with Gasteiger partial charge in [-0.25, -0.2) is 9.78 Å². The summed E-state index contributed by atoms with van der Waals surface area (Å²) in [5, 5.41) is 11.8. The summed E-state index contributed by atoms with van der Waals surface area (Å²) >= 11 is 0. The van der Waals surface area contributed by atoms with Crippen LogP contribution >= 0.6 is 0 Å². The Kier molecular flexibility index (Phi) is 4.49. The molecule has 7 heteroatoms. The fraction of sp³-hybridized carbons (Fsp3) is 0.375. The number of amides is 1. The molecule has 122 valence electrons. The van der Waals surface area contributed by atoms with Crippen molar-refractivity contribution in [3.8, 4) is 0 Å².